The van der Waals surface area contributed by atoms with Crippen LogP contribution in [0.5, 0.6) is 17.4 Å². The summed E-state index contributed by atoms with van der Waals surface area (Å²) in [5, 5.41) is 14.9. The second-order valence-corrected chi connectivity index (χ2v) is 14.8. The van der Waals surface area contributed by atoms with Crippen LogP contribution in [0.15, 0.2) is 71.5 Å². The highest BCUT2D eigenvalue weighted by Crippen LogP contribution is 2.49. The molecule has 1 aliphatic heterocycles. The van der Waals surface area contributed by atoms with Crippen LogP contribution in [0.2, 0.25) is 5.02 Å². The Labute approximate surface area is 333 Å². The molecule has 1 unspecified atom stereocenters. The summed E-state index contributed by atoms with van der Waals surface area (Å²) in [6, 6.07) is 13.4. The molecule has 0 saturated carbocycles. The quantitative estimate of drug-likeness (QED) is 0.102. The molecule has 1 saturated heterocycles. The number of nitrogens with zero attached hydrogens (tertiary/aromatic N) is 6. The predicted molar refractivity (Wildman–Crippen MR) is 205 cm³/mol. The van der Waals surface area contributed by atoms with Gasteiger partial charge in [0.15, 0.2) is 0 Å². The van der Waals surface area contributed by atoms with Crippen molar-refractivity contribution in [2.75, 3.05) is 46.4 Å². The highest BCUT2D eigenvalue weighted by Gasteiger charge is 2.31. The van der Waals surface area contributed by atoms with Crippen molar-refractivity contribution in [3.05, 3.63) is 95.0 Å². The van der Waals surface area contributed by atoms with Crippen molar-refractivity contribution >= 4 is 39.1 Å². The van der Waals surface area contributed by atoms with Crippen LogP contribution < -0.4 is 14.2 Å². The van der Waals surface area contributed by atoms with Crippen LogP contribution in [-0.2, 0) is 24.4 Å². The molecule has 1 N–H and O–H groups in total. The number of ether oxygens (including phenoxy) is 3. The van der Waals surface area contributed by atoms with Crippen LogP contribution in [0.3, 0.4) is 0 Å². The molecule has 57 heavy (non-hydrogen) atoms. The molecule has 1 aliphatic rings. The molecule has 1 atom stereocenters. The summed E-state index contributed by atoms with van der Waals surface area (Å²) in [7, 11) is 2.10. The van der Waals surface area contributed by atoms with E-state index >= 15 is 0 Å². The highest BCUT2D eigenvalue weighted by molar-refractivity contribution is 7.22. The Kier molecular flexibility index (Phi) is 12.0. The van der Waals surface area contributed by atoms with Gasteiger partial charge in [0.25, 0.3) is 6.01 Å². The minimum absolute atomic E-state index is 0.0607. The van der Waals surface area contributed by atoms with E-state index in [-0.39, 0.29) is 36.1 Å². The van der Waals surface area contributed by atoms with E-state index in [1.165, 1.54) is 42.1 Å². The first-order valence-corrected chi connectivity index (χ1v) is 19.1. The fourth-order valence-corrected chi connectivity index (χ4v) is 7.86. The van der Waals surface area contributed by atoms with Crippen molar-refractivity contribution < 1.29 is 46.1 Å². The van der Waals surface area contributed by atoms with E-state index < -0.39 is 30.8 Å². The van der Waals surface area contributed by atoms with Gasteiger partial charge in [0.2, 0.25) is 12.0 Å². The molecule has 18 heteroatoms. The number of likely N-dealkylation sites (N-methyl/N-ethyl adjacent to an activating group) is 1. The van der Waals surface area contributed by atoms with Crippen molar-refractivity contribution in [1.82, 2.24) is 29.5 Å². The van der Waals surface area contributed by atoms with Gasteiger partial charge in [-0.15, -0.1) is 11.3 Å². The van der Waals surface area contributed by atoms with E-state index in [1.807, 2.05) is 13.0 Å². The highest BCUT2D eigenvalue weighted by atomic mass is 35.5. The number of furan rings is 1. The molecule has 300 valence electrons. The van der Waals surface area contributed by atoms with E-state index in [2.05, 4.69) is 31.9 Å². The number of aliphatic carboxylic acids is 1. The normalized spacial score (nSPS) is 14.6. The third-order valence-corrected chi connectivity index (χ3v) is 11.1. The Morgan fingerprint density at radius 2 is 1.82 bits per heavy atom. The smallest absolute Gasteiger partial charge is 0.408 e. The van der Waals surface area contributed by atoms with Crippen LogP contribution in [0, 0.1) is 12.9 Å². The maximum Gasteiger partial charge on any atom is 0.408 e. The molecule has 6 aromatic rings. The summed E-state index contributed by atoms with van der Waals surface area (Å²) in [6.07, 6.45) is -3.72. The van der Waals surface area contributed by atoms with Gasteiger partial charge in [-0.1, -0.05) is 35.9 Å². The largest absolute Gasteiger partial charge is 0.491 e. The van der Waals surface area contributed by atoms with Crippen LogP contribution in [-0.4, -0.2) is 99.3 Å². The number of hydrogen-bond donors (Lipinski definition) is 1. The molecule has 0 spiro atoms. The number of piperazine rings is 1. The second-order valence-electron chi connectivity index (χ2n) is 13.5. The first-order valence-electron chi connectivity index (χ1n) is 17.9. The summed E-state index contributed by atoms with van der Waals surface area (Å²) in [6.45, 7) is 5.31. The topological polar surface area (TPSA) is 128 Å². The van der Waals surface area contributed by atoms with E-state index in [0.717, 1.165) is 37.4 Å². The zero-order valence-electron chi connectivity index (χ0n) is 30.8. The Bertz CT molecular complexity index is 2360. The van der Waals surface area contributed by atoms with Gasteiger partial charge in [0.1, 0.15) is 48.2 Å². The lowest BCUT2D eigenvalue weighted by Gasteiger charge is -2.32. The molecule has 12 nitrogen and oxygen atoms in total. The third kappa shape index (κ3) is 9.33. The Morgan fingerprint density at radius 1 is 1.04 bits per heavy atom. The number of halogens is 5. The van der Waals surface area contributed by atoms with Crippen LogP contribution >= 0.6 is 22.9 Å². The average Bonchev–Trinajstić information content (AvgIpc) is 3.91. The number of rotatable bonds is 15. The lowest BCUT2D eigenvalue weighted by Crippen LogP contribution is -2.45. The number of thiophene rings is 1. The number of benzene rings is 2. The lowest BCUT2D eigenvalue weighted by molar-refractivity contribution is -0.145. The van der Waals surface area contributed by atoms with E-state index in [4.69, 9.17) is 30.2 Å². The van der Waals surface area contributed by atoms with Crippen molar-refractivity contribution in [3.63, 3.8) is 0 Å². The summed E-state index contributed by atoms with van der Waals surface area (Å²) in [4.78, 5) is 27.1. The predicted octanol–water partition coefficient (Wildman–Crippen LogP) is 7.76. The minimum atomic E-state index is -4.48. The monoisotopic (exact) mass is 828 g/mol. The summed E-state index contributed by atoms with van der Waals surface area (Å²) < 4.78 is 77.9. The van der Waals surface area contributed by atoms with Crippen LogP contribution in [0.4, 0.5) is 17.6 Å². The molecule has 7 rings (SSSR count). The third-order valence-electron chi connectivity index (χ3n) is 9.55. The molecule has 5 heterocycles. The lowest BCUT2D eigenvalue weighted by atomic mass is 9.97. The number of carboxylic acids is 1. The van der Waals surface area contributed by atoms with Gasteiger partial charge < -0.3 is 28.6 Å². The number of fused-ring (bicyclic) bond motifs is 1. The van der Waals surface area contributed by atoms with E-state index in [0.29, 0.717) is 54.7 Å². The Balaban J connectivity index is 1.18. The average molecular weight is 829 g/mol. The number of aromatic nitrogens is 4. The van der Waals surface area contributed by atoms with Crippen molar-refractivity contribution in [2.45, 2.75) is 38.8 Å². The van der Waals surface area contributed by atoms with E-state index in [1.54, 1.807) is 30.3 Å². The second kappa shape index (κ2) is 17.1. The van der Waals surface area contributed by atoms with Gasteiger partial charge >= 0.3 is 12.1 Å². The Morgan fingerprint density at radius 3 is 2.56 bits per heavy atom. The molecular weight excluding hydrogens is 792 g/mol. The molecular formula is C39H37ClF4N6O6S. The molecule has 0 bridgehead atoms. The van der Waals surface area contributed by atoms with Gasteiger partial charge in [-0.05, 0) is 54.9 Å². The van der Waals surface area contributed by atoms with Gasteiger partial charge in [-0.2, -0.15) is 22.7 Å². The van der Waals surface area contributed by atoms with E-state index in [9.17, 15) is 27.5 Å². The molecule has 4 aromatic heterocycles. The maximum absolute atomic E-state index is 14.3. The number of para-hydroxylation sites is 1. The van der Waals surface area contributed by atoms with Gasteiger partial charge in [0, 0.05) is 57.0 Å². The van der Waals surface area contributed by atoms with Gasteiger partial charge in [-0.3, -0.25) is 9.58 Å². The van der Waals surface area contributed by atoms with Crippen molar-refractivity contribution in [2.24, 2.45) is 0 Å². The van der Waals surface area contributed by atoms with Gasteiger partial charge in [0.05, 0.1) is 21.0 Å². The molecule has 0 amide bonds. The number of carboxylic acid groups (broad SMARTS) is 1. The number of alkyl halides is 3. The zero-order valence-corrected chi connectivity index (χ0v) is 32.3. The van der Waals surface area contributed by atoms with Crippen molar-refractivity contribution in [1.29, 1.82) is 0 Å². The number of carbonyl (C=O) groups is 1. The fourth-order valence-electron chi connectivity index (χ4n) is 6.54. The first kappa shape index (κ1) is 40.0. The first-order chi connectivity index (χ1) is 27.3. The van der Waals surface area contributed by atoms with Gasteiger partial charge in [-0.25, -0.2) is 14.8 Å². The SMILES string of the molecule is Cc1c(-c2c(-c3ccc(F)o3)sc3ncnc(OC(Cc4ccccc4OCc4ccnn4CC(F)(F)F)C(=O)O)c23)ccc(OCCN2CCN(C)CC2)c1Cl. The van der Waals surface area contributed by atoms with Crippen LogP contribution in [0.1, 0.15) is 16.8 Å². The summed E-state index contributed by atoms with van der Waals surface area (Å²) in [5.41, 5.74) is 2.33. The van der Waals surface area contributed by atoms with Crippen LogP contribution in [0.25, 0.3) is 32.0 Å². The summed E-state index contributed by atoms with van der Waals surface area (Å²) >= 11 is 8.12. The Hall–Kier alpha value is -5.23. The minimum Gasteiger partial charge on any atom is -0.491 e. The summed E-state index contributed by atoms with van der Waals surface area (Å²) in [5.74, 6) is -0.440. The standard InChI is InChI=1S/C39H37ClF4N6O6S/c1-23-26(7-8-28(34(23)40)53-18-17-49-15-13-48(2)14-16-49)32-33-36(45-22-46-37(33)57-35(32)29-9-10-31(41)55-29)56-30(38(51)52)19-24-5-3-4-6-27(24)54-20-25-11-12-47-50(25)21-39(42,43)44/h3-12,22,30H,13-21H2,1-2H3,(H,51,52). The fraction of sp³-hybridized carbons (Fsp3) is 0.333. The molecule has 1 fully saturated rings. The molecule has 0 radical (unpaired) electrons. The van der Waals surface area contributed by atoms with Crippen molar-refractivity contribution in [3.8, 4) is 39.1 Å². The number of hydrogen-bond acceptors (Lipinski definition) is 11. The molecule has 0 aliphatic carbocycles. The molecule has 2 aromatic carbocycles. The maximum atomic E-state index is 14.3. The zero-order chi connectivity index (χ0) is 40.3.